The molecule has 1 aromatic carbocycles. The summed E-state index contributed by atoms with van der Waals surface area (Å²) in [6.45, 7) is 8.81. The largest absolute Gasteiger partial charge is 0.354 e. The molecule has 0 spiro atoms. The minimum absolute atomic E-state index is 0.00409. The van der Waals surface area contributed by atoms with Gasteiger partial charge in [-0.25, -0.2) is 0 Å². The first-order chi connectivity index (χ1) is 16.2. The SMILES string of the molecule is CC[C@@H](C(=O)NCC(C)C)N(Cc1cccc(C)c1)C(=O)CCN1C(=O)[C@H]2CC=CC[C@H]2C1=O. The van der Waals surface area contributed by atoms with E-state index >= 15 is 0 Å². The minimum atomic E-state index is -0.622. The van der Waals surface area contributed by atoms with Crippen molar-refractivity contribution >= 4 is 23.6 Å². The smallest absolute Gasteiger partial charge is 0.242 e. The van der Waals surface area contributed by atoms with E-state index in [1.165, 1.54) is 4.90 Å². The molecule has 0 radical (unpaired) electrons. The van der Waals surface area contributed by atoms with E-state index in [1.54, 1.807) is 4.90 Å². The van der Waals surface area contributed by atoms with Gasteiger partial charge in [-0.15, -0.1) is 0 Å². The number of imide groups is 1. The molecular formula is C27H37N3O4. The third kappa shape index (κ3) is 5.93. The van der Waals surface area contributed by atoms with Crippen molar-refractivity contribution in [3.63, 3.8) is 0 Å². The van der Waals surface area contributed by atoms with Crippen molar-refractivity contribution in [1.82, 2.24) is 15.1 Å². The van der Waals surface area contributed by atoms with E-state index in [1.807, 2.05) is 64.1 Å². The van der Waals surface area contributed by atoms with Gasteiger partial charge in [0.1, 0.15) is 6.04 Å². The van der Waals surface area contributed by atoms with E-state index < -0.39 is 6.04 Å². The van der Waals surface area contributed by atoms with Gasteiger partial charge in [0.25, 0.3) is 0 Å². The molecule has 34 heavy (non-hydrogen) atoms. The molecule has 0 unspecified atom stereocenters. The molecule has 1 heterocycles. The quantitative estimate of drug-likeness (QED) is 0.423. The number of likely N-dealkylation sites (tertiary alicyclic amines) is 1. The van der Waals surface area contributed by atoms with E-state index in [9.17, 15) is 19.2 Å². The van der Waals surface area contributed by atoms with Crippen LogP contribution in [-0.4, -0.2) is 52.6 Å². The Labute approximate surface area is 202 Å². The lowest BCUT2D eigenvalue weighted by atomic mass is 9.85. The molecule has 4 amide bonds. The van der Waals surface area contributed by atoms with E-state index in [-0.39, 0.29) is 48.4 Å². The molecule has 1 aliphatic carbocycles. The lowest BCUT2D eigenvalue weighted by molar-refractivity contribution is -0.144. The highest BCUT2D eigenvalue weighted by Gasteiger charge is 2.47. The lowest BCUT2D eigenvalue weighted by Crippen LogP contribution is -2.50. The van der Waals surface area contributed by atoms with Gasteiger partial charge < -0.3 is 10.2 Å². The molecule has 0 aromatic heterocycles. The first-order valence-corrected chi connectivity index (χ1v) is 12.4. The molecule has 1 saturated heterocycles. The van der Waals surface area contributed by atoms with Crippen molar-refractivity contribution in [2.24, 2.45) is 17.8 Å². The molecule has 0 bridgehead atoms. The maximum Gasteiger partial charge on any atom is 0.242 e. The molecule has 1 fully saturated rings. The van der Waals surface area contributed by atoms with Crippen LogP contribution in [0.1, 0.15) is 57.6 Å². The normalized spacial score (nSPS) is 20.4. The first-order valence-electron chi connectivity index (χ1n) is 12.4. The molecule has 3 rings (SSSR count). The average molecular weight is 468 g/mol. The zero-order valence-corrected chi connectivity index (χ0v) is 20.8. The number of hydrogen-bond donors (Lipinski definition) is 1. The summed E-state index contributed by atoms with van der Waals surface area (Å²) in [6, 6.07) is 7.25. The number of fused-ring (bicyclic) bond motifs is 1. The summed E-state index contributed by atoms with van der Waals surface area (Å²) >= 11 is 0. The van der Waals surface area contributed by atoms with Crippen LogP contribution in [0.5, 0.6) is 0 Å². The Balaban J connectivity index is 1.75. The Kier molecular flexibility index (Phi) is 8.64. The van der Waals surface area contributed by atoms with Crippen molar-refractivity contribution in [1.29, 1.82) is 0 Å². The average Bonchev–Trinajstić information content (AvgIpc) is 3.05. The number of carbonyl (C=O) groups is 4. The van der Waals surface area contributed by atoms with Crippen LogP contribution >= 0.6 is 0 Å². The van der Waals surface area contributed by atoms with Crippen LogP contribution in [0.25, 0.3) is 0 Å². The van der Waals surface area contributed by atoms with Crippen LogP contribution in [0.2, 0.25) is 0 Å². The number of aryl methyl sites for hydroxylation is 1. The van der Waals surface area contributed by atoms with Gasteiger partial charge in [-0.05, 0) is 37.7 Å². The number of allylic oxidation sites excluding steroid dienone is 2. The highest BCUT2D eigenvalue weighted by Crippen LogP contribution is 2.35. The van der Waals surface area contributed by atoms with Gasteiger partial charge in [-0.2, -0.15) is 0 Å². The second-order valence-electron chi connectivity index (χ2n) is 9.81. The fourth-order valence-electron chi connectivity index (χ4n) is 4.79. The minimum Gasteiger partial charge on any atom is -0.354 e. The highest BCUT2D eigenvalue weighted by molar-refractivity contribution is 6.05. The summed E-state index contributed by atoms with van der Waals surface area (Å²) in [7, 11) is 0. The third-order valence-corrected chi connectivity index (χ3v) is 6.65. The van der Waals surface area contributed by atoms with Gasteiger partial charge in [0, 0.05) is 26.1 Å². The number of benzene rings is 1. The molecule has 2 aliphatic rings. The molecule has 3 atom stereocenters. The van der Waals surface area contributed by atoms with Gasteiger partial charge in [0.05, 0.1) is 11.8 Å². The Morgan fingerprint density at radius 3 is 2.32 bits per heavy atom. The second-order valence-corrected chi connectivity index (χ2v) is 9.81. The van der Waals surface area contributed by atoms with Crippen molar-refractivity contribution < 1.29 is 19.2 Å². The fourth-order valence-corrected chi connectivity index (χ4v) is 4.79. The molecule has 0 saturated carbocycles. The van der Waals surface area contributed by atoms with Gasteiger partial charge in [0.15, 0.2) is 0 Å². The number of hydrogen-bond acceptors (Lipinski definition) is 4. The molecule has 1 N–H and O–H groups in total. The summed E-state index contributed by atoms with van der Waals surface area (Å²) in [5.74, 6) is -1.09. The van der Waals surface area contributed by atoms with Gasteiger partial charge >= 0.3 is 0 Å². The monoisotopic (exact) mass is 467 g/mol. The Bertz CT molecular complexity index is 929. The van der Waals surface area contributed by atoms with Crippen LogP contribution in [0.3, 0.4) is 0 Å². The van der Waals surface area contributed by atoms with Gasteiger partial charge in [0.2, 0.25) is 23.6 Å². The standard InChI is InChI=1S/C27H37N3O4/c1-5-23(25(32)28-16-18(2)3)30(17-20-10-8-9-19(4)15-20)24(31)13-14-29-26(33)21-11-6-7-12-22(21)27(29)34/h6-10,15,18,21-23H,5,11-14,16-17H2,1-4H3,(H,28,32)/t21-,22+,23-/m0/s1. The summed E-state index contributed by atoms with van der Waals surface area (Å²) in [6.07, 6.45) is 5.53. The van der Waals surface area contributed by atoms with Crippen LogP contribution in [-0.2, 0) is 25.7 Å². The Hall–Kier alpha value is -2.96. The Morgan fingerprint density at radius 2 is 1.76 bits per heavy atom. The summed E-state index contributed by atoms with van der Waals surface area (Å²) in [5, 5.41) is 2.95. The van der Waals surface area contributed by atoms with Gasteiger partial charge in [-0.1, -0.05) is 62.8 Å². The van der Waals surface area contributed by atoms with Crippen LogP contribution in [0.4, 0.5) is 0 Å². The molecule has 1 aliphatic heterocycles. The zero-order valence-electron chi connectivity index (χ0n) is 20.8. The van der Waals surface area contributed by atoms with E-state index in [0.29, 0.717) is 38.3 Å². The molecule has 7 nitrogen and oxygen atoms in total. The van der Waals surface area contributed by atoms with Gasteiger partial charge in [-0.3, -0.25) is 24.1 Å². The summed E-state index contributed by atoms with van der Waals surface area (Å²) < 4.78 is 0. The van der Waals surface area contributed by atoms with Crippen LogP contribution in [0.15, 0.2) is 36.4 Å². The van der Waals surface area contributed by atoms with Crippen molar-refractivity contribution in [2.45, 2.75) is 66.0 Å². The van der Waals surface area contributed by atoms with E-state index in [4.69, 9.17) is 0 Å². The first kappa shape index (κ1) is 25.7. The number of nitrogens with zero attached hydrogens (tertiary/aromatic N) is 2. The summed E-state index contributed by atoms with van der Waals surface area (Å²) in [4.78, 5) is 54.9. The van der Waals surface area contributed by atoms with E-state index in [2.05, 4.69) is 5.32 Å². The number of carbonyl (C=O) groups excluding carboxylic acids is 4. The maximum absolute atomic E-state index is 13.4. The Morgan fingerprint density at radius 1 is 1.12 bits per heavy atom. The number of amides is 4. The predicted octanol–water partition coefficient (Wildman–Crippen LogP) is 3.22. The third-order valence-electron chi connectivity index (χ3n) is 6.65. The van der Waals surface area contributed by atoms with E-state index in [0.717, 1.165) is 11.1 Å². The maximum atomic E-state index is 13.4. The molecule has 1 aromatic rings. The van der Waals surface area contributed by atoms with Crippen molar-refractivity contribution in [3.05, 3.63) is 47.5 Å². The number of rotatable bonds is 10. The fraction of sp³-hybridized carbons (Fsp3) is 0.556. The topological polar surface area (TPSA) is 86.8 Å². The lowest BCUT2D eigenvalue weighted by Gasteiger charge is -2.31. The van der Waals surface area contributed by atoms with Crippen LogP contribution < -0.4 is 5.32 Å². The predicted molar refractivity (Wildman–Crippen MR) is 130 cm³/mol. The highest BCUT2D eigenvalue weighted by atomic mass is 16.2. The second kappa shape index (κ2) is 11.4. The summed E-state index contributed by atoms with van der Waals surface area (Å²) in [5.41, 5.74) is 2.01. The molecule has 7 heteroatoms. The molecular weight excluding hydrogens is 430 g/mol. The molecule has 184 valence electrons. The van der Waals surface area contributed by atoms with Crippen molar-refractivity contribution in [2.75, 3.05) is 13.1 Å². The van der Waals surface area contributed by atoms with Crippen LogP contribution in [0, 0.1) is 24.7 Å². The number of nitrogens with one attached hydrogen (secondary N) is 1. The zero-order chi connectivity index (χ0) is 24.8. The van der Waals surface area contributed by atoms with Crippen molar-refractivity contribution in [3.8, 4) is 0 Å².